The van der Waals surface area contributed by atoms with Crippen molar-refractivity contribution in [2.45, 2.75) is 39.3 Å². The summed E-state index contributed by atoms with van der Waals surface area (Å²) in [4.78, 5) is 13.3. The Hall–Kier alpha value is -1.75. The SMILES string of the molecule is C=C(NCC(N)=O)C(C)CN1CC(Cc2ccc3c(c2C)CBCC3)C1. The molecule has 1 amide bonds. The molecule has 4 nitrogen and oxygen atoms in total. The highest BCUT2D eigenvalue weighted by Crippen LogP contribution is 2.28. The number of benzene rings is 1. The van der Waals surface area contributed by atoms with Gasteiger partial charge in [0, 0.05) is 31.2 Å². The molecule has 0 spiro atoms. The highest BCUT2D eigenvalue weighted by atomic mass is 16.1. The largest absolute Gasteiger partial charge is 0.380 e. The van der Waals surface area contributed by atoms with Gasteiger partial charge in [-0.2, -0.15) is 0 Å². The van der Waals surface area contributed by atoms with E-state index in [1.807, 2.05) is 0 Å². The number of carbonyl (C=O) groups is 1. The van der Waals surface area contributed by atoms with Gasteiger partial charge in [0.2, 0.25) is 5.91 Å². The summed E-state index contributed by atoms with van der Waals surface area (Å²) in [6, 6.07) is 4.75. The third kappa shape index (κ3) is 4.50. The normalized spacial score (nSPS) is 18.4. The molecule has 1 atom stereocenters. The Morgan fingerprint density at radius 3 is 2.96 bits per heavy atom. The van der Waals surface area contributed by atoms with Crippen molar-refractivity contribution in [3.63, 3.8) is 0 Å². The molecule has 0 radical (unpaired) electrons. The number of nitrogens with zero attached hydrogens (tertiary/aromatic N) is 1. The van der Waals surface area contributed by atoms with Crippen molar-refractivity contribution in [2.24, 2.45) is 17.6 Å². The molecule has 5 heteroatoms. The zero-order valence-electron chi connectivity index (χ0n) is 16.3. The summed E-state index contributed by atoms with van der Waals surface area (Å²) in [7, 11) is 1.35. The minimum Gasteiger partial charge on any atom is -0.380 e. The average Bonchev–Trinajstić information content (AvgIpc) is 2.59. The molecule has 2 aliphatic rings. The van der Waals surface area contributed by atoms with Crippen LogP contribution in [0.2, 0.25) is 6.32 Å². The number of hydrogen-bond acceptors (Lipinski definition) is 3. The van der Waals surface area contributed by atoms with Gasteiger partial charge in [-0.1, -0.05) is 38.3 Å². The number of hydrogen-bond donors (Lipinski definition) is 2. The smallest absolute Gasteiger partial charge is 0.236 e. The Bertz CT molecular complexity index is 682. The first kappa shape index (κ1) is 19.0. The standard InChI is InChI=1S/C21H32BN3O/c1-14(16(3)24-10-21(23)26)11-25-12-17(13-25)8-19-5-4-18-6-7-22-9-20(18)15(19)2/h4-5,14,17,22,24H,3,6-13H2,1-2H3,(H2,23,26). The summed E-state index contributed by atoms with van der Waals surface area (Å²) in [6.07, 6.45) is 5.08. The van der Waals surface area contributed by atoms with Crippen LogP contribution in [0.3, 0.4) is 0 Å². The lowest BCUT2D eigenvalue weighted by Crippen LogP contribution is -2.49. The number of fused-ring (bicyclic) bond motifs is 1. The van der Waals surface area contributed by atoms with Crippen molar-refractivity contribution in [1.82, 2.24) is 10.2 Å². The van der Waals surface area contributed by atoms with E-state index in [4.69, 9.17) is 5.73 Å². The van der Waals surface area contributed by atoms with E-state index in [0.29, 0.717) is 5.92 Å². The van der Waals surface area contributed by atoms with Crippen LogP contribution in [0.4, 0.5) is 0 Å². The molecule has 2 aliphatic heterocycles. The number of nitrogens with one attached hydrogen (secondary N) is 1. The second kappa shape index (κ2) is 8.30. The second-order valence-electron chi connectivity index (χ2n) is 8.23. The van der Waals surface area contributed by atoms with Gasteiger partial charge in [0.15, 0.2) is 0 Å². The number of carbonyl (C=O) groups excluding carboxylic acids is 1. The Labute approximate surface area is 158 Å². The van der Waals surface area contributed by atoms with Crippen LogP contribution in [0.25, 0.3) is 0 Å². The molecule has 2 heterocycles. The summed E-state index contributed by atoms with van der Waals surface area (Å²) >= 11 is 0. The fourth-order valence-corrected chi connectivity index (χ4v) is 4.42. The Kier molecular flexibility index (Phi) is 6.07. The van der Waals surface area contributed by atoms with Gasteiger partial charge in [-0.25, -0.2) is 0 Å². The van der Waals surface area contributed by atoms with Crippen molar-refractivity contribution in [3.05, 3.63) is 46.7 Å². The fraction of sp³-hybridized carbons (Fsp3) is 0.571. The second-order valence-corrected chi connectivity index (χ2v) is 8.23. The van der Waals surface area contributed by atoms with Gasteiger partial charge in [-0.05, 0) is 47.9 Å². The minimum absolute atomic E-state index is 0.170. The van der Waals surface area contributed by atoms with E-state index in [1.165, 1.54) is 32.8 Å². The molecule has 1 fully saturated rings. The molecule has 0 bridgehead atoms. The molecule has 1 aromatic rings. The predicted molar refractivity (Wildman–Crippen MR) is 110 cm³/mol. The summed E-state index contributed by atoms with van der Waals surface area (Å²) < 4.78 is 0. The summed E-state index contributed by atoms with van der Waals surface area (Å²) in [5, 5.41) is 3.03. The van der Waals surface area contributed by atoms with Crippen LogP contribution in [-0.4, -0.2) is 44.3 Å². The van der Waals surface area contributed by atoms with Crippen molar-refractivity contribution < 1.29 is 4.79 Å². The van der Waals surface area contributed by atoms with Crippen LogP contribution in [0.15, 0.2) is 24.4 Å². The molecule has 140 valence electrons. The third-order valence-corrected chi connectivity index (χ3v) is 6.09. The predicted octanol–water partition coefficient (Wildman–Crippen LogP) is 1.60. The van der Waals surface area contributed by atoms with Gasteiger partial charge in [0.05, 0.1) is 6.54 Å². The lowest BCUT2D eigenvalue weighted by atomic mass is 9.61. The first-order valence-corrected chi connectivity index (χ1v) is 9.97. The third-order valence-electron chi connectivity index (χ3n) is 6.09. The van der Waals surface area contributed by atoms with Crippen molar-refractivity contribution in [2.75, 3.05) is 26.2 Å². The first-order chi connectivity index (χ1) is 12.4. The van der Waals surface area contributed by atoms with Crippen LogP contribution in [-0.2, 0) is 24.0 Å². The number of aryl methyl sites for hydroxylation is 1. The van der Waals surface area contributed by atoms with Gasteiger partial charge in [-0.15, -0.1) is 0 Å². The van der Waals surface area contributed by atoms with Crippen molar-refractivity contribution in [3.8, 4) is 0 Å². The summed E-state index contributed by atoms with van der Waals surface area (Å²) in [6.45, 7) is 12.0. The van der Waals surface area contributed by atoms with Gasteiger partial charge in [0.1, 0.15) is 7.28 Å². The molecule has 1 unspecified atom stereocenters. The molecule has 3 N–H and O–H groups in total. The maximum absolute atomic E-state index is 10.9. The van der Waals surface area contributed by atoms with E-state index in [0.717, 1.165) is 31.2 Å². The Morgan fingerprint density at radius 1 is 1.46 bits per heavy atom. The lowest BCUT2D eigenvalue weighted by Gasteiger charge is -2.41. The number of nitrogens with two attached hydrogens (primary N) is 1. The molecule has 0 aromatic heterocycles. The fourth-order valence-electron chi connectivity index (χ4n) is 4.42. The van der Waals surface area contributed by atoms with E-state index in [9.17, 15) is 4.79 Å². The molecule has 3 rings (SSSR count). The quantitative estimate of drug-likeness (QED) is 0.698. The maximum Gasteiger partial charge on any atom is 0.236 e. The van der Waals surface area contributed by atoms with Gasteiger partial charge in [-0.3, -0.25) is 4.79 Å². The van der Waals surface area contributed by atoms with E-state index < -0.39 is 0 Å². The van der Waals surface area contributed by atoms with Crippen LogP contribution in [0, 0.1) is 18.8 Å². The summed E-state index contributed by atoms with van der Waals surface area (Å²) in [5.41, 5.74) is 12.4. The highest BCUT2D eigenvalue weighted by Gasteiger charge is 2.29. The van der Waals surface area contributed by atoms with E-state index in [1.54, 1.807) is 22.3 Å². The monoisotopic (exact) mass is 353 g/mol. The molecule has 1 aromatic carbocycles. The zero-order valence-corrected chi connectivity index (χ0v) is 16.3. The highest BCUT2D eigenvalue weighted by molar-refractivity contribution is 6.35. The lowest BCUT2D eigenvalue weighted by molar-refractivity contribution is -0.117. The van der Waals surface area contributed by atoms with Crippen LogP contribution < -0.4 is 11.1 Å². The molecule has 0 saturated carbocycles. The zero-order chi connectivity index (χ0) is 18.7. The van der Waals surface area contributed by atoms with E-state index in [-0.39, 0.29) is 12.5 Å². The van der Waals surface area contributed by atoms with E-state index in [2.05, 4.69) is 42.8 Å². The first-order valence-electron chi connectivity index (χ1n) is 9.97. The number of rotatable bonds is 8. The Morgan fingerprint density at radius 2 is 2.23 bits per heavy atom. The van der Waals surface area contributed by atoms with Crippen LogP contribution in [0.5, 0.6) is 0 Å². The van der Waals surface area contributed by atoms with E-state index >= 15 is 0 Å². The molecule has 26 heavy (non-hydrogen) atoms. The van der Waals surface area contributed by atoms with Crippen LogP contribution >= 0.6 is 0 Å². The minimum atomic E-state index is -0.345. The van der Waals surface area contributed by atoms with Crippen molar-refractivity contribution in [1.29, 1.82) is 0 Å². The van der Waals surface area contributed by atoms with Crippen molar-refractivity contribution >= 4 is 13.2 Å². The van der Waals surface area contributed by atoms with Gasteiger partial charge < -0.3 is 16.0 Å². The topological polar surface area (TPSA) is 58.4 Å². The summed E-state index contributed by atoms with van der Waals surface area (Å²) in [5.74, 6) is 0.734. The molecule has 1 saturated heterocycles. The number of primary amides is 1. The maximum atomic E-state index is 10.9. The van der Waals surface area contributed by atoms with Gasteiger partial charge in [0.25, 0.3) is 0 Å². The number of amides is 1. The Balaban J connectivity index is 1.46. The molecule has 0 aliphatic carbocycles. The average molecular weight is 353 g/mol. The molecular formula is C21H32BN3O. The molecular weight excluding hydrogens is 321 g/mol. The van der Waals surface area contributed by atoms with Gasteiger partial charge >= 0.3 is 0 Å². The van der Waals surface area contributed by atoms with Crippen LogP contribution in [0.1, 0.15) is 29.2 Å². The number of likely N-dealkylation sites (tertiary alicyclic amines) is 1.